The lowest BCUT2D eigenvalue weighted by Crippen LogP contribution is -2.31. The van der Waals surface area contributed by atoms with Crippen molar-refractivity contribution in [3.63, 3.8) is 0 Å². The van der Waals surface area contributed by atoms with E-state index in [2.05, 4.69) is 0 Å². The Morgan fingerprint density at radius 1 is 0.155 bits per heavy atom. The predicted molar refractivity (Wildman–Crippen MR) is 275 cm³/mol. The highest BCUT2D eigenvalue weighted by molar-refractivity contribution is 4.63. The average molecular weight is 1030 g/mol. The molecule has 0 aliphatic carbocycles. The van der Waals surface area contributed by atoms with Crippen LogP contribution in [-0.4, -0.2) is 230 Å². The first-order valence-electron chi connectivity index (χ1n) is 26.5. The van der Waals surface area contributed by atoms with Crippen LogP contribution in [0.1, 0.15) is 118 Å². The molecule has 17 unspecified atom stereocenters. The molecule has 0 radical (unpaired) electrons. The van der Waals surface area contributed by atoms with E-state index in [1.54, 1.807) is 14.2 Å². The van der Waals surface area contributed by atoms with Crippen LogP contribution in [0.4, 0.5) is 0 Å². The molecule has 18 heteroatoms. The minimum atomic E-state index is -0.105. The van der Waals surface area contributed by atoms with Gasteiger partial charge in [-0.25, -0.2) is 0 Å². The Balaban J connectivity index is 4.00. The van der Waals surface area contributed by atoms with Gasteiger partial charge in [0.05, 0.1) is 216 Å². The van der Waals surface area contributed by atoms with Crippen molar-refractivity contribution in [2.45, 2.75) is 221 Å². The van der Waals surface area contributed by atoms with Gasteiger partial charge >= 0.3 is 0 Å². The molecule has 0 spiro atoms. The second kappa shape index (κ2) is 44.4. The Morgan fingerprint density at radius 2 is 0.254 bits per heavy atom. The van der Waals surface area contributed by atoms with Gasteiger partial charge in [0.25, 0.3) is 0 Å². The fraction of sp³-hybridized carbons (Fsp3) is 1.00. The smallest absolute Gasteiger partial charge is 0.0781 e. The molecule has 71 heavy (non-hydrogen) atoms. The van der Waals surface area contributed by atoms with Crippen molar-refractivity contribution in [3.8, 4) is 0 Å². The van der Waals surface area contributed by atoms with Crippen molar-refractivity contribution in [1.29, 1.82) is 0 Å². The molecule has 17 atom stereocenters. The summed E-state index contributed by atoms with van der Waals surface area (Å²) in [4.78, 5) is 0. The maximum absolute atomic E-state index is 6.00. The summed E-state index contributed by atoms with van der Waals surface area (Å²) in [6.45, 7) is 41.8. The Bertz CT molecular complexity index is 1160. The third-order valence-electron chi connectivity index (χ3n) is 10.7. The van der Waals surface area contributed by atoms with Gasteiger partial charge < -0.3 is 85.3 Å². The molecule has 0 amide bonds. The summed E-state index contributed by atoms with van der Waals surface area (Å²) < 4.78 is 105. The Morgan fingerprint density at radius 3 is 0.352 bits per heavy atom. The molecule has 0 saturated heterocycles. The summed E-state index contributed by atoms with van der Waals surface area (Å²) in [6.07, 6.45) is -1.12. The lowest BCUT2D eigenvalue weighted by Gasteiger charge is -2.24. The fourth-order valence-electron chi connectivity index (χ4n) is 5.87. The highest BCUT2D eigenvalue weighted by Crippen LogP contribution is 2.09. The minimum absolute atomic E-state index is 0.0184. The lowest BCUT2D eigenvalue weighted by molar-refractivity contribution is -0.116. The Kier molecular flexibility index (Phi) is 44.0. The summed E-state index contributed by atoms with van der Waals surface area (Å²) in [5.41, 5.74) is 0. The molecule has 0 bridgehead atoms. The first kappa shape index (κ1) is 70.3. The van der Waals surface area contributed by atoms with Crippen molar-refractivity contribution in [1.82, 2.24) is 0 Å². The van der Waals surface area contributed by atoms with Crippen LogP contribution >= 0.6 is 0 Å². The number of rotatable bonds is 51. The SMILES string of the molecule is COCC(C)OCC(C)OCC(C)OCC(C)OCC(C)OCC(C)OCC(C)OCC(C)OCC(C)OCC(C)OCC(C)OCC(C)OCC(C)OCC(C)OCC(C)OCC(C)OCC(C)OC. The first-order valence-corrected chi connectivity index (χ1v) is 26.5. The van der Waals surface area contributed by atoms with Gasteiger partial charge in [-0.05, 0) is 118 Å². The van der Waals surface area contributed by atoms with Gasteiger partial charge in [-0.15, -0.1) is 0 Å². The van der Waals surface area contributed by atoms with Gasteiger partial charge in [-0.2, -0.15) is 0 Å². The molecular formula is C53H108O18. The van der Waals surface area contributed by atoms with Crippen LogP contribution in [0.3, 0.4) is 0 Å². The molecule has 0 aromatic rings. The highest BCUT2D eigenvalue weighted by atomic mass is 16.6. The van der Waals surface area contributed by atoms with Crippen LogP contribution < -0.4 is 0 Å². The maximum Gasteiger partial charge on any atom is 0.0781 e. The summed E-state index contributed by atoms with van der Waals surface area (Å²) in [5, 5.41) is 0. The summed E-state index contributed by atoms with van der Waals surface area (Å²) in [5.74, 6) is 0. The van der Waals surface area contributed by atoms with E-state index in [0.717, 1.165) is 0 Å². The first-order chi connectivity index (χ1) is 33.6. The summed E-state index contributed by atoms with van der Waals surface area (Å²) >= 11 is 0. The van der Waals surface area contributed by atoms with E-state index in [-0.39, 0.29) is 104 Å². The monoisotopic (exact) mass is 1030 g/mol. The van der Waals surface area contributed by atoms with Gasteiger partial charge in [0.15, 0.2) is 0 Å². The maximum atomic E-state index is 6.00. The van der Waals surface area contributed by atoms with Crippen molar-refractivity contribution < 1.29 is 85.3 Å². The van der Waals surface area contributed by atoms with Crippen molar-refractivity contribution in [3.05, 3.63) is 0 Å². The molecule has 0 saturated carbocycles. The van der Waals surface area contributed by atoms with Crippen LogP contribution in [0.25, 0.3) is 0 Å². The zero-order chi connectivity index (χ0) is 53.6. The third kappa shape index (κ3) is 44.2. The number of methoxy groups -OCH3 is 2. The quantitative estimate of drug-likeness (QED) is 0.0602. The van der Waals surface area contributed by atoms with Crippen LogP contribution in [0.15, 0.2) is 0 Å². The highest BCUT2D eigenvalue weighted by Gasteiger charge is 2.18. The zero-order valence-corrected chi connectivity index (χ0v) is 48.2. The van der Waals surface area contributed by atoms with Crippen LogP contribution in [0.5, 0.6) is 0 Å². The molecular weight excluding hydrogens is 925 g/mol. The zero-order valence-electron chi connectivity index (χ0n) is 48.2. The Hall–Kier alpha value is -0.720. The van der Waals surface area contributed by atoms with Gasteiger partial charge in [0, 0.05) is 14.2 Å². The normalized spacial score (nSPS) is 19.6. The van der Waals surface area contributed by atoms with Gasteiger partial charge in [0.1, 0.15) is 0 Å². The van der Waals surface area contributed by atoms with E-state index in [1.165, 1.54) is 0 Å². The van der Waals surface area contributed by atoms with Crippen LogP contribution in [-0.2, 0) is 85.3 Å². The van der Waals surface area contributed by atoms with Crippen molar-refractivity contribution >= 4 is 0 Å². The van der Waals surface area contributed by atoms with E-state index in [0.29, 0.717) is 112 Å². The molecule has 0 aliphatic heterocycles. The summed E-state index contributed by atoms with van der Waals surface area (Å²) in [6, 6.07) is 0. The van der Waals surface area contributed by atoms with E-state index in [1.807, 2.05) is 118 Å². The third-order valence-corrected chi connectivity index (χ3v) is 10.7. The van der Waals surface area contributed by atoms with Crippen LogP contribution in [0, 0.1) is 0 Å². The molecule has 0 fully saturated rings. The van der Waals surface area contributed by atoms with E-state index >= 15 is 0 Å². The number of hydrogen-bond donors (Lipinski definition) is 0. The van der Waals surface area contributed by atoms with Gasteiger partial charge in [-0.3, -0.25) is 0 Å². The lowest BCUT2D eigenvalue weighted by atomic mass is 10.3. The number of ether oxygens (including phenoxy) is 18. The Labute approximate surface area is 432 Å². The molecule has 0 heterocycles. The molecule has 0 aliphatic rings. The van der Waals surface area contributed by atoms with Crippen molar-refractivity contribution in [2.75, 3.05) is 127 Å². The average Bonchev–Trinajstić information content (AvgIpc) is 3.35. The van der Waals surface area contributed by atoms with Gasteiger partial charge in [-0.1, -0.05) is 0 Å². The molecule has 0 aromatic carbocycles. The molecule has 0 rings (SSSR count). The van der Waals surface area contributed by atoms with E-state index < -0.39 is 0 Å². The van der Waals surface area contributed by atoms with Crippen molar-refractivity contribution in [2.24, 2.45) is 0 Å². The second-order valence-corrected chi connectivity index (χ2v) is 19.8. The fourth-order valence-corrected chi connectivity index (χ4v) is 5.87. The predicted octanol–water partition coefficient (Wildman–Crippen LogP) is 7.15. The standard InChI is InChI=1S/C53H108O18/c1-37(55-19)21-56-39(3)23-58-41(5)25-60-43(7)27-62-45(9)29-64-47(11)31-66-49(13)33-68-51(15)35-70-53(17)36-71-52(16)34-69-50(14)32-67-48(12)30-65-46(10)28-63-44(8)26-61-42(6)24-59-40(4)22-57-38(2)20-54-18/h37-53H,20-36H2,1-19H3. The van der Waals surface area contributed by atoms with Gasteiger partial charge in [0.2, 0.25) is 0 Å². The number of hydrogen-bond acceptors (Lipinski definition) is 18. The molecule has 0 aromatic heterocycles. The molecule has 18 nitrogen and oxygen atoms in total. The largest absolute Gasteiger partial charge is 0.382 e. The molecule has 428 valence electrons. The minimum Gasteiger partial charge on any atom is -0.382 e. The topological polar surface area (TPSA) is 166 Å². The molecule has 0 N–H and O–H groups in total. The van der Waals surface area contributed by atoms with E-state index in [9.17, 15) is 0 Å². The van der Waals surface area contributed by atoms with Crippen LogP contribution in [0.2, 0.25) is 0 Å². The van der Waals surface area contributed by atoms with E-state index in [4.69, 9.17) is 85.3 Å². The summed E-state index contributed by atoms with van der Waals surface area (Å²) in [7, 11) is 3.34. The second-order valence-electron chi connectivity index (χ2n) is 19.8.